The number of guanidine groups is 1. The monoisotopic (exact) mass is 548 g/mol. The molecule has 2 heterocycles. The van der Waals surface area contributed by atoms with Crippen LogP contribution in [0, 0.1) is 11.7 Å². The SMILES string of the molecule is CCNC(=NCc1ccc(N2CCOCC2)c(F)c1)N1CCC(C(=O)OCC)CC1.I. The lowest BCUT2D eigenvalue weighted by atomic mass is 9.97. The van der Waals surface area contributed by atoms with Gasteiger partial charge in [0.05, 0.1) is 38.0 Å². The van der Waals surface area contributed by atoms with Gasteiger partial charge in [-0.3, -0.25) is 4.79 Å². The second kappa shape index (κ2) is 13.0. The molecule has 2 fully saturated rings. The molecule has 1 aromatic carbocycles. The zero-order valence-corrected chi connectivity index (χ0v) is 20.8. The van der Waals surface area contributed by atoms with E-state index in [1.54, 1.807) is 6.07 Å². The third-order valence-electron chi connectivity index (χ3n) is 5.52. The van der Waals surface area contributed by atoms with E-state index in [1.165, 1.54) is 0 Å². The van der Waals surface area contributed by atoms with Gasteiger partial charge in [-0.1, -0.05) is 6.07 Å². The molecule has 1 aromatic rings. The highest BCUT2D eigenvalue weighted by Crippen LogP contribution is 2.22. The molecule has 1 N–H and O–H groups in total. The van der Waals surface area contributed by atoms with E-state index in [4.69, 9.17) is 14.5 Å². The number of piperidine rings is 1. The van der Waals surface area contributed by atoms with Gasteiger partial charge in [-0.15, -0.1) is 24.0 Å². The normalized spacial score (nSPS) is 17.8. The van der Waals surface area contributed by atoms with E-state index in [0.29, 0.717) is 45.1 Å². The van der Waals surface area contributed by atoms with Crippen LogP contribution < -0.4 is 10.2 Å². The first-order valence-corrected chi connectivity index (χ1v) is 10.9. The number of esters is 1. The van der Waals surface area contributed by atoms with Gasteiger partial charge < -0.3 is 24.6 Å². The van der Waals surface area contributed by atoms with Crippen molar-refractivity contribution in [2.24, 2.45) is 10.9 Å². The standard InChI is InChI=1S/C22H33FN4O3.HI/c1-3-24-22(27-9-7-18(8-10-27)21(28)30-4-2)25-16-17-5-6-20(19(23)15-17)26-11-13-29-14-12-26;/h5-6,15,18H,3-4,7-14,16H2,1-2H3,(H,24,25);1H. The Balaban J connectivity index is 0.00000341. The number of carbonyl (C=O) groups excluding carboxylic acids is 1. The molecule has 2 aliphatic heterocycles. The summed E-state index contributed by atoms with van der Waals surface area (Å²) in [7, 11) is 0. The number of nitrogens with one attached hydrogen (secondary N) is 1. The fourth-order valence-corrected chi connectivity index (χ4v) is 3.89. The van der Waals surface area contributed by atoms with Gasteiger partial charge in [0.15, 0.2) is 5.96 Å². The minimum atomic E-state index is -0.218. The number of halogens is 2. The Morgan fingerprint density at radius 3 is 2.55 bits per heavy atom. The van der Waals surface area contributed by atoms with E-state index >= 15 is 0 Å². The average molecular weight is 548 g/mol. The minimum absolute atomic E-state index is 0. The summed E-state index contributed by atoms with van der Waals surface area (Å²) >= 11 is 0. The number of hydrogen-bond donors (Lipinski definition) is 1. The Morgan fingerprint density at radius 1 is 1.23 bits per heavy atom. The predicted octanol–water partition coefficient (Wildman–Crippen LogP) is 3.02. The number of nitrogens with zero attached hydrogens (tertiary/aromatic N) is 3. The quantitative estimate of drug-likeness (QED) is 0.255. The number of aliphatic imine (C=N–C) groups is 1. The van der Waals surface area contributed by atoms with E-state index in [0.717, 1.165) is 44.0 Å². The first-order valence-electron chi connectivity index (χ1n) is 10.9. The van der Waals surface area contributed by atoms with Crippen LogP contribution >= 0.6 is 24.0 Å². The van der Waals surface area contributed by atoms with E-state index in [2.05, 4.69) is 10.2 Å². The Morgan fingerprint density at radius 2 is 1.94 bits per heavy atom. The number of benzene rings is 1. The van der Waals surface area contributed by atoms with Crippen molar-refractivity contribution in [2.75, 3.05) is 57.4 Å². The van der Waals surface area contributed by atoms with Gasteiger partial charge in [-0.05, 0) is 44.4 Å². The number of rotatable bonds is 6. The smallest absolute Gasteiger partial charge is 0.309 e. The summed E-state index contributed by atoms with van der Waals surface area (Å²) in [5.41, 5.74) is 1.46. The zero-order valence-electron chi connectivity index (χ0n) is 18.4. The second-order valence-corrected chi connectivity index (χ2v) is 7.57. The van der Waals surface area contributed by atoms with Crippen LogP contribution in [0.25, 0.3) is 0 Å². The van der Waals surface area contributed by atoms with Crippen LogP contribution in [-0.2, 0) is 20.8 Å². The summed E-state index contributed by atoms with van der Waals surface area (Å²) in [6.07, 6.45) is 1.51. The van der Waals surface area contributed by atoms with Crippen molar-refractivity contribution in [2.45, 2.75) is 33.2 Å². The Labute approximate surface area is 201 Å². The molecule has 0 atom stereocenters. The number of carbonyl (C=O) groups is 1. The van der Waals surface area contributed by atoms with Crippen LogP contribution in [0.3, 0.4) is 0 Å². The summed E-state index contributed by atoms with van der Waals surface area (Å²) in [6, 6.07) is 5.35. The van der Waals surface area contributed by atoms with E-state index in [9.17, 15) is 9.18 Å². The average Bonchev–Trinajstić information content (AvgIpc) is 2.77. The number of morpholine rings is 1. The maximum atomic E-state index is 14.6. The highest BCUT2D eigenvalue weighted by Gasteiger charge is 2.27. The molecule has 2 aliphatic rings. The summed E-state index contributed by atoms with van der Waals surface area (Å²) < 4.78 is 25.1. The lowest BCUT2D eigenvalue weighted by Crippen LogP contribution is -2.46. The third kappa shape index (κ3) is 7.20. The first-order chi connectivity index (χ1) is 14.6. The summed E-state index contributed by atoms with van der Waals surface area (Å²) in [5, 5.41) is 3.31. The lowest BCUT2D eigenvalue weighted by molar-refractivity contribution is -0.149. The largest absolute Gasteiger partial charge is 0.466 e. The number of ether oxygens (including phenoxy) is 2. The number of anilines is 1. The zero-order chi connectivity index (χ0) is 21.3. The van der Waals surface area contributed by atoms with Crippen molar-refractivity contribution in [1.82, 2.24) is 10.2 Å². The lowest BCUT2D eigenvalue weighted by Gasteiger charge is -2.33. The molecule has 0 aromatic heterocycles. The molecule has 0 amide bonds. The fraction of sp³-hybridized carbons (Fsp3) is 0.636. The highest BCUT2D eigenvalue weighted by atomic mass is 127. The van der Waals surface area contributed by atoms with Crippen LogP contribution in [-0.4, -0.2) is 69.4 Å². The topological polar surface area (TPSA) is 66.4 Å². The van der Waals surface area contributed by atoms with Gasteiger partial charge in [-0.2, -0.15) is 0 Å². The molecule has 174 valence electrons. The van der Waals surface area contributed by atoms with Gasteiger partial charge in [0.1, 0.15) is 5.82 Å². The van der Waals surface area contributed by atoms with Crippen molar-refractivity contribution in [3.8, 4) is 0 Å². The van der Waals surface area contributed by atoms with Gasteiger partial charge in [0.2, 0.25) is 0 Å². The van der Waals surface area contributed by atoms with Gasteiger partial charge in [0, 0.05) is 32.7 Å². The van der Waals surface area contributed by atoms with Gasteiger partial charge in [0.25, 0.3) is 0 Å². The van der Waals surface area contributed by atoms with Crippen molar-refractivity contribution in [3.63, 3.8) is 0 Å². The Bertz CT molecular complexity index is 735. The van der Waals surface area contributed by atoms with E-state index < -0.39 is 0 Å². The molecule has 0 spiro atoms. The molecule has 0 saturated carbocycles. The van der Waals surface area contributed by atoms with Crippen molar-refractivity contribution in [1.29, 1.82) is 0 Å². The van der Waals surface area contributed by atoms with Crippen molar-refractivity contribution < 1.29 is 18.7 Å². The van der Waals surface area contributed by atoms with Crippen LogP contribution in [0.2, 0.25) is 0 Å². The van der Waals surface area contributed by atoms with Crippen LogP contribution in [0.1, 0.15) is 32.3 Å². The van der Waals surface area contributed by atoms with Crippen molar-refractivity contribution >= 4 is 41.6 Å². The number of likely N-dealkylation sites (tertiary alicyclic amines) is 1. The van der Waals surface area contributed by atoms with Crippen LogP contribution in [0.15, 0.2) is 23.2 Å². The second-order valence-electron chi connectivity index (χ2n) is 7.57. The Hall–Kier alpha value is -1.62. The summed E-state index contributed by atoms with van der Waals surface area (Å²) in [4.78, 5) is 20.8. The summed E-state index contributed by atoms with van der Waals surface area (Å²) in [5.74, 6) is 0.447. The van der Waals surface area contributed by atoms with Crippen molar-refractivity contribution in [3.05, 3.63) is 29.6 Å². The molecule has 0 bridgehead atoms. The predicted molar refractivity (Wildman–Crippen MR) is 131 cm³/mol. The Kier molecular flexibility index (Phi) is 10.8. The van der Waals surface area contributed by atoms with Gasteiger partial charge in [-0.25, -0.2) is 9.38 Å². The molecule has 0 aliphatic carbocycles. The molecule has 9 heteroatoms. The molecule has 2 saturated heterocycles. The summed E-state index contributed by atoms with van der Waals surface area (Å²) in [6.45, 7) is 9.61. The maximum absolute atomic E-state index is 14.6. The molecule has 7 nitrogen and oxygen atoms in total. The molecule has 0 unspecified atom stereocenters. The molecule has 3 rings (SSSR count). The highest BCUT2D eigenvalue weighted by molar-refractivity contribution is 14.0. The maximum Gasteiger partial charge on any atom is 0.309 e. The number of hydrogen-bond acceptors (Lipinski definition) is 5. The van der Waals surface area contributed by atoms with Crippen LogP contribution in [0.5, 0.6) is 0 Å². The minimum Gasteiger partial charge on any atom is -0.466 e. The molecule has 0 radical (unpaired) electrons. The van der Waals surface area contributed by atoms with Crippen LogP contribution in [0.4, 0.5) is 10.1 Å². The van der Waals surface area contributed by atoms with Gasteiger partial charge >= 0.3 is 5.97 Å². The first kappa shape index (κ1) is 25.6. The molecule has 31 heavy (non-hydrogen) atoms. The fourth-order valence-electron chi connectivity index (χ4n) is 3.89. The molecular weight excluding hydrogens is 514 g/mol. The molecular formula is C22H34FIN4O3. The van der Waals surface area contributed by atoms with E-state index in [1.807, 2.05) is 30.9 Å². The van der Waals surface area contributed by atoms with E-state index in [-0.39, 0.29) is 41.7 Å². The third-order valence-corrected chi connectivity index (χ3v) is 5.52.